The molecule has 0 saturated carbocycles. The Labute approximate surface area is 166 Å². The normalized spacial score (nSPS) is 12.4. The number of pyridine rings is 1. The Bertz CT molecular complexity index is 760. The molecule has 144 valence electrons. The number of hydrogen-bond acceptors (Lipinski definition) is 5. The third-order valence-corrected chi connectivity index (χ3v) is 4.64. The predicted octanol–water partition coefficient (Wildman–Crippen LogP) is 3.74. The van der Waals surface area contributed by atoms with Crippen molar-refractivity contribution < 1.29 is 9.84 Å². The molecule has 2 N–H and O–H groups in total. The second kappa shape index (κ2) is 10.3. The number of benzene rings is 1. The first kappa shape index (κ1) is 21.2. The minimum atomic E-state index is -0.687. The van der Waals surface area contributed by atoms with Crippen LogP contribution >= 0.6 is 11.6 Å². The molecule has 5 nitrogen and oxygen atoms in total. The van der Waals surface area contributed by atoms with Gasteiger partial charge in [0, 0.05) is 24.5 Å². The molecule has 0 radical (unpaired) electrons. The fraction of sp³-hybridized carbons (Fsp3) is 0.429. The van der Waals surface area contributed by atoms with Crippen LogP contribution in [0.15, 0.2) is 42.7 Å². The monoisotopic (exact) mass is 387 g/mol. The maximum absolute atomic E-state index is 10.2. The Kier molecular flexibility index (Phi) is 8.05. The third-order valence-electron chi connectivity index (χ3n) is 4.32. The molecule has 1 aromatic carbocycles. The summed E-state index contributed by atoms with van der Waals surface area (Å²) in [6.45, 7) is 4.74. The Morgan fingerprint density at radius 3 is 2.85 bits per heavy atom. The first-order chi connectivity index (χ1) is 12.9. The Morgan fingerprint density at radius 2 is 2.15 bits per heavy atom. The molecule has 1 aromatic heterocycles. The minimum Gasteiger partial charge on any atom is -0.489 e. The van der Waals surface area contributed by atoms with Gasteiger partial charge in [-0.15, -0.1) is 0 Å². The highest BCUT2D eigenvalue weighted by Crippen LogP contribution is 2.25. The second-order valence-electron chi connectivity index (χ2n) is 7.17. The van der Waals surface area contributed by atoms with E-state index in [-0.39, 0.29) is 17.7 Å². The summed E-state index contributed by atoms with van der Waals surface area (Å²) in [4.78, 5) is 4.13. The van der Waals surface area contributed by atoms with Crippen molar-refractivity contribution in [1.82, 2.24) is 10.3 Å². The van der Waals surface area contributed by atoms with Gasteiger partial charge in [0.25, 0.3) is 0 Å². The summed E-state index contributed by atoms with van der Waals surface area (Å²) in [5.41, 5.74) is 1.42. The van der Waals surface area contributed by atoms with Crippen molar-refractivity contribution in [2.45, 2.75) is 44.8 Å². The first-order valence-corrected chi connectivity index (χ1v) is 9.42. The zero-order valence-electron chi connectivity index (χ0n) is 15.8. The lowest BCUT2D eigenvalue weighted by molar-refractivity contribution is 0.0978. The van der Waals surface area contributed by atoms with Gasteiger partial charge in [-0.2, -0.15) is 5.26 Å². The molecule has 27 heavy (non-hydrogen) atoms. The van der Waals surface area contributed by atoms with Crippen LogP contribution in [-0.2, 0) is 6.42 Å². The van der Waals surface area contributed by atoms with E-state index < -0.39 is 6.10 Å². The van der Waals surface area contributed by atoms with E-state index in [1.807, 2.05) is 18.3 Å². The fourth-order valence-electron chi connectivity index (χ4n) is 2.74. The Hall–Kier alpha value is -2.13. The Balaban J connectivity index is 1.73. The number of aliphatic hydroxyl groups is 1. The zero-order chi connectivity index (χ0) is 19.7. The molecule has 0 aliphatic rings. The van der Waals surface area contributed by atoms with Crippen LogP contribution in [0.25, 0.3) is 0 Å². The van der Waals surface area contributed by atoms with Crippen LogP contribution in [0.2, 0.25) is 5.02 Å². The van der Waals surface area contributed by atoms with Gasteiger partial charge in [-0.3, -0.25) is 4.98 Å². The standard InChI is InChI=1S/C21H26ClN3O2/c1-21(2,10-4-6-16-7-5-11-24-13-16)25-14-17(26)15-27-20-9-3-8-19(22)18(20)12-23/h3,5,7-9,11,13,17,25-26H,4,6,10,14-15H2,1-2H3/t17-/m1/s1. The van der Waals surface area contributed by atoms with Gasteiger partial charge < -0.3 is 15.2 Å². The quantitative estimate of drug-likeness (QED) is 0.649. The number of β-amino-alcohol motifs (C(OH)–C–C–N with tert-alkyl or cyclic N) is 1. The van der Waals surface area contributed by atoms with Crippen LogP contribution < -0.4 is 10.1 Å². The smallest absolute Gasteiger partial charge is 0.138 e. The van der Waals surface area contributed by atoms with E-state index in [2.05, 4.69) is 30.2 Å². The SMILES string of the molecule is CC(C)(CCCc1cccnc1)NC[C@@H](O)COc1cccc(Cl)c1C#N. The lowest BCUT2D eigenvalue weighted by atomic mass is 9.95. The van der Waals surface area contributed by atoms with Crippen molar-refractivity contribution in [3.8, 4) is 11.8 Å². The van der Waals surface area contributed by atoms with Crippen LogP contribution in [0.1, 0.15) is 37.8 Å². The van der Waals surface area contributed by atoms with Crippen LogP contribution in [0.4, 0.5) is 0 Å². The summed E-state index contributed by atoms with van der Waals surface area (Å²) in [6.07, 6.45) is 5.98. The van der Waals surface area contributed by atoms with Gasteiger partial charge in [0.2, 0.25) is 0 Å². The molecular weight excluding hydrogens is 362 g/mol. The van der Waals surface area contributed by atoms with Crippen molar-refractivity contribution in [2.24, 2.45) is 0 Å². The highest BCUT2D eigenvalue weighted by atomic mass is 35.5. The molecule has 0 amide bonds. The summed E-state index contributed by atoms with van der Waals surface area (Å²) in [7, 11) is 0. The number of nitrogens with zero attached hydrogens (tertiary/aromatic N) is 2. The number of aryl methyl sites for hydroxylation is 1. The molecule has 0 unspecified atom stereocenters. The second-order valence-corrected chi connectivity index (χ2v) is 7.58. The maximum atomic E-state index is 10.2. The number of aliphatic hydroxyl groups excluding tert-OH is 1. The van der Waals surface area contributed by atoms with E-state index in [0.717, 1.165) is 19.3 Å². The molecule has 0 spiro atoms. The fourth-order valence-corrected chi connectivity index (χ4v) is 2.95. The van der Waals surface area contributed by atoms with Gasteiger partial charge >= 0.3 is 0 Å². The number of rotatable bonds is 10. The molecule has 1 heterocycles. The number of aromatic nitrogens is 1. The Morgan fingerprint density at radius 1 is 1.33 bits per heavy atom. The van der Waals surface area contributed by atoms with Crippen molar-refractivity contribution in [3.63, 3.8) is 0 Å². The predicted molar refractivity (Wildman–Crippen MR) is 107 cm³/mol. The molecule has 2 rings (SSSR count). The summed E-state index contributed by atoms with van der Waals surface area (Å²) >= 11 is 5.98. The van der Waals surface area contributed by atoms with E-state index in [1.165, 1.54) is 5.56 Å². The van der Waals surface area contributed by atoms with E-state index in [1.54, 1.807) is 24.4 Å². The number of halogens is 1. The zero-order valence-corrected chi connectivity index (χ0v) is 16.5. The van der Waals surface area contributed by atoms with E-state index in [4.69, 9.17) is 21.6 Å². The van der Waals surface area contributed by atoms with Crippen molar-refractivity contribution in [1.29, 1.82) is 5.26 Å². The van der Waals surface area contributed by atoms with Gasteiger partial charge in [-0.05, 0) is 56.9 Å². The summed E-state index contributed by atoms with van der Waals surface area (Å²) < 4.78 is 5.57. The molecule has 0 saturated heterocycles. The molecule has 0 bridgehead atoms. The van der Waals surface area contributed by atoms with Gasteiger partial charge in [-0.1, -0.05) is 23.7 Å². The van der Waals surface area contributed by atoms with Crippen molar-refractivity contribution in [2.75, 3.05) is 13.2 Å². The average Bonchev–Trinajstić information content (AvgIpc) is 2.65. The molecule has 2 aromatic rings. The summed E-state index contributed by atoms with van der Waals surface area (Å²) in [5, 5.41) is 23.1. The van der Waals surface area contributed by atoms with E-state index >= 15 is 0 Å². The van der Waals surface area contributed by atoms with E-state index in [0.29, 0.717) is 17.3 Å². The number of ether oxygens (including phenoxy) is 1. The molecule has 0 fully saturated rings. The molecule has 0 aliphatic heterocycles. The number of hydrogen-bond donors (Lipinski definition) is 2. The highest BCUT2D eigenvalue weighted by Gasteiger charge is 2.19. The average molecular weight is 388 g/mol. The summed E-state index contributed by atoms with van der Waals surface area (Å²) in [5.74, 6) is 0.389. The number of nitrogens with one attached hydrogen (secondary N) is 1. The van der Waals surface area contributed by atoms with Gasteiger partial charge in [-0.25, -0.2) is 0 Å². The van der Waals surface area contributed by atoms with Crippen molar-refractivity contribution in [3.05, 3.63) is 58.9 Å². The largest absolute Gasteiger partial charge is 0.489 e. The summed E-state index contributed by atoms with van der Waals surface area (Å²) in [6, 6.07) is 11.1. The van der Waals surface area contributed by atoms with E-state index in [9.17, 15) is 5.11 Å². The highest BCUT2D eigenvalue weighted by molar-refractivity contribution is 6.31. The molecular formula is C21H26ClN3O2. The van der Waals surface area contributed by atoms with Crippen LogP contribution in [-0.4, -0.2) is 34.9 Å². The van der Waals surface area contributed by atoms with Gasteiger partial charge in [0.15, 0.2) is 0 Å². The maximum Gasteiger partial charge on any atom is 0.138 e. The molecule has 6 heteroatoms. The van der Waals surface area contributed by atoms with Crippen LogP contribution in [0, 0.1) is 11.3 Å². The minimum absolute atomic E-state index is 0.0911. The van der Waals surface area contributed by atoms with Crippen LogP contribution in [0.5, 0.6) is 5.75 Å². The topological polar surface area (TPSA) is 78.2 Å². The van der Waals surface area contributed by atoms with Crippen molar-refractivity contribution >= 4 is 11.6 Å². The third kappa shape index (κ3) is 7.18. The van der Waals surface area contributed by atoms with Gasteiger partial charge in [0.1, 0.15) is 30.1 Å². The number of nitriles is 1. The molecule has 0 aliphatic carbocycles. The molecule has 1 atom stereocenters. The lowest BCUT2D eigenvalue weighted by Crippen LogP contribution is -2.44. The van der Waals surface area contributed by atoms with Crippen LogP contribution in [0.3, 0.4) is 0 Å². The lowest BCUT2D eigenvalue weighted by Gasteiger charge is -2.28. The van der Waals surface area contributed by atoms with Gasteiger partial charge in [0.05, 0.1) is 5.02 Å². The first-order valence-electron chi connectivity index (χ1n) is 9.05.